The molecule has 10 heteroatoms. The second-order valence-electron chi connectivity index (χ2n) is 16.2. The van der Waals surface area contributed by atoms with E-state index in [9.17, 15) is 19.2 Å². The van der Waals surface area contributed by atoms with Gasteiger partial charge in [0.2, 0.25) is 0 Å². The average Bonchev–Trinajstić information content (AvgIpc) is 3.23. The normalized spacial score (nSPS) is 11.5. The van der Waals surface area contributed by atoms with Crippen LogP contribution in [0, 0.1) is 0 Å². The summed E-state index contributed by atoms with van der Waals surface area (Å²) < 4.78 is 34.3. The highest BCUT2D eigenvalue weighted by molar-refractivity contribution is 6.00. The fourth-order valence-electron chi connectivity index (χ4n) is 6.28. The number of unbranched alkanes of at least 4 members (excludes halogenated alkanes) is 10. The number of benzene rings is 3. The molecule has 0 fully saturated rings. The molecule has 0 aliphatic heterocycles. The van der Waals surface area contributed by atoms with Crippen LogP contribution in [-0.4, -0.2) is 61.1 Å². The molecule has 0 aromatic heterocycles. The van der Waals surface area contributed by atoms with Crippen LogP contribution in [0.15, 0.2) is 84.9 Å². The summed E-state index contributed by atoms with van der Waals surface area (Å²) in [5.41, 5.74) is -0.388. The standard InChI is InChI=1S/C50H68O10/c1-8-9-10-17-34-55-41-26-22-39(23-27-41)47(53)59-43-30-32-44(33-31-43)60-48(54)40-24-28-42(29-25-40)56-35-18-13-11-12-14-19-36-57-49(4,5)45(51)21-16-15-20-37-58-50(6,7)46(52)38(2)3/h22-33H,2,8-21,34-37H2,1,3-7H3. The summed E-state index contributed by atoms with van der Waals surface area (Å²) in [5, 5.41) is 0. The summed E-state index contributed by atoms with van der Waals surface area (Å²) in [6, 6.07) is 20.0. The molecule has 10 nitrogen and oxygen atoms in total. The van der Waals surface area contributed by atoms with E-state index < -0.39 is 23.1 Å². The van der Waals surface area contributed by atoms with E-state index in [-0.39, 0.29) is 11.6 Å². The minimum atomic E-state index is -0.872. The van der Waals surface area contributed by atoms with Crippen LogP contribution in [0.25, 0.3) is 0 Å². The molecule has 3 aromatic carbocycles. The predicted octanol–water partition coefficient (Wildman–Crippen LogP) is 11.7. The molecule has 0 unspecified atom stereocenters. The quantitative estimate of drug-likeness (QED) is 0.0268. The van der Waals surface area contributed by atoms with Gasteiger partial charge in [0.1, 0.15) is 34.2 Å². The van der Waals surface area contributed by atoms with Gasteiger partial charge in [0.05, 0.1) is 24.3 Å². The van der Waals surface area contributed by atoms with Gasteiger partial charge in [-0.1, -0.05) is 64.9 Å². The van der Waals surface area contributed by atoms with E-state index in [1.165, 1.54) is 12.8 Å². The van der Waals surface area contributed by atoms with Gasteiger partial charge in [0.25, 0.3) is 0 Å². The SMILES string of the molecule is C=C(C)C(=O)C(C)(C)OCCCCCC(=O)C(C)(C)OCCCCCCCCOc1ccc(C(=O)Oc2ccc(OC(=O)c3ccc(OCCCCCC)cc3)cc2)cc1. The highest BCUT2D eigenvalue weighted by Gasteiger charge is 2.29. The zero-order valence-corrected chi connectivity index (χ0v) is 36.9. The molecule has 0 heterocycles. The summed E-state index contributed by atoms with van der Waals surface area (Å²) >= 11 is 0. The van der Waals surface area contributed by atoms with Gasteiger partial charge < -0.3 is 28.4 Å². The van der Waals surface area contributed by atoms with Crippen molar-refractivity contribution in [2.75, 3.05) is 26.4 Å². The number of carbonyl (C=O) groups excluding carboxylic acids is 4. The molecule has 0 atom stereocenters. The van der Waals surface area contributed by atoms with Crippen molar-refractivity contribution in [2.45, 2.75) is 143 Å². The molecule has 0 radical (unpaired) electrons. The van der Waals surface area contributed by atoms with Crippen LogP contribution >= 0.6 is 0 Å². The molecule has 0 saturated heterocycles. The zero-order chi connectivity index (χ0) is 43.8. The zero-order valence-electron chi connectivity index (χ0n) is 36.9. The fraction of sp³-hybridized carbons (Fsp3) is 0.520. The molecule has 0 aliphatic carbocycles. The first-order chi connectivity index (χ1) is 28.7. The first-order valence-corrected chi connectivity index (χ1v) is 21.7. The Balaban J connectivity index is 1.22. The van der Waals surface area contributed by atoms with Crippen LogP contribution in [0.3, 0.4) is 0 Å². The summed E-state index contributed by atoms with van der Waals surface area (Å²) in [4.78, 5) is 50.3. The van der Waals surface area contributed by atoms with Crippen molar-refractivity contribution in [1.29, 1.82) is 0 Å². The van der Waals surface area contributed by atoms with E-state index >= 15 is 0 Å². The third kappa shape index (κ3) is 18.6. The smallest absolute Gasteiger partial charge is 0.343 e. The van der Waals surface area contributed by atoms with E-state index in [4.69, 9.17) is 28.4 Å². The number of hydrogen-bond donors (Lipinski definition) is 0. The van der Waals surface area contributed by atoms with Crippen LogP contribution in [0.4, 0.5) is 0 Å². The second kappa shape index (κ2) is 26.4. The largest absolute Gasteiger partial charge is 0.494 e. The Morgan fingerprint density at radius 3 is 1.28 bits per heavy atom. The first-order valence-electron chi connectivity index (χ1n) is 21.7. The second-order valence-corrected chi connectivity index (χ2v) is 16.2. The van der Waals surface area contributed by atoms with Gasteiger partial charge in [0, 0.05) is 19.6 Å². The van der Waals surface area contributed by atoms with Crippen LogP contribution in [0.5, 0.6) is 23.0 Å². The van der Waals surface area contributed by atoms with Gasteiger partial charge in [0.15, 0.2) is 11.6 Å². The highest BCUT2D eigenvalue weighted by atomic mass is 16.5. The van der Waals surface area contributed by atoms with Crippen molar-refractivity contribution in [2.24, 2.45) is 0 Å². The van der Waals surface area contributed by atoms with Crippen molar-refractivity contribution in [3.63, 3.8) is 0 Å². The van der Waals surface area contributed by atoms with Crippen LogP contribution < -0.4 is 18.9 Å². The molecule has 60 heavy (non-hydrogen) atoms. The molecule has 328 valence electrons. The van der Waals surface area contributed by atoms with Gasteiger partial charge in [-0.2, -0.15) is 0 Å². The van der Waals surface area contributed by atoms with E-state index in [0.29, 0.717) is 72.5 Å². The molecule has 0 spiro atoms. The Labute approximate surface area is 358 Å². The van der Waals surface area contributed by atoms with Gasteiger partial charge in [-0.25, -0.2) is 9.59 Å². The minimum Gasteiger partial charge on any atom is -0.494 e. The molecule has 0 amide bonds. The third-order valence-corrected chi connectivity index (χ3v) is 10.1. The predicted molar refractivity (Wildman–Crippen MR) is 235 cm³/mol. The summed E-state index contributed by atoms with van der Waals surface area (Å²) in [6.07, 6.45) is 13.5. The van der Waals surface area contributed by atoms with Crippen LogP contribution in [0.2, 0.25) is 0 Å². The number of hydrogen-bond acceptors (Lipinski definition) is 10. The lowest BCUT2D eigenvalue weighted by molar-refractivity contribution is -0.140. The Kier molecular flexibility index (Phi) is 21.8. The number of carbonyl (C=O) groups is 4. The molecule has 0 aliphatic rings. The van der Waals surface area contributed by atoms with Gasteiger partial charge in [-0.3, -0.25) is 9.59 Å². The van der Waals surface area contributed by atoms with Crippen molar-refractivity contribution in [3.8, 4) is 23.0 Å². The monoisotopic (exact) mass is 828 g/mol. The minimum absolute atomic E-state index is 0.0900. The van der Waals surface area contributed by atoms with E-state index in [1.807, 2.05) is 13.8 Å². The number of ketones is 2. The number of ether oxygens (including phenoxy) is 6. The molecular weight excluding hydrogens is 761 g/mol. The molecule has 0 bridgehead atoms. The van der Waals surface area contributed by atoms with Crippen molar-refractivity contribution in [1.82, 2.24) is 0 Å². The average molecular weight is 829 g/mol. The lowest BCUT2D eigenvalue weighted by atomic mass is 9.97. The molecule has 0 saturated carbocycles. The Morgan fingerprint density at radius 2 is 0.850 bits per heavy atom. The summed E-state index contributed by atoms with van der Waals surface area (Å²) in [6.45, 7) is 17.0. The highest BCUT2D eigenvalue weighted by Crippen LogP contribution is 2.23. The van der Waals surface area contributed by atoms with Gasteiger partial charge >= 0.3 is 11.9 Å². The van der Waals surface area contributed by atoms with E-state index in [0.717, 1.165) is 70.6 Å². The molecular formula is C50H68O10. The van der Waals surface area contributed by atoms with Crippen LogP contribution in [-0.2, 0) is 19.1 Å². The topological polar surface area (TPSA) is 124 Å². The lowest BCUT2D eigenvalue weighted by Crippen LogP contribution is -2.36. The van der Waals surface area contributed by atoms with Gasteiger partial charge in [-0.15, -0.1) is 0 Å². The van der Waals surface area contributed by atoms with Crippen molar-refractivity contribution >= 4 is 23.5 Å². The maximum atomic E-state index is 12.8. The molecule has 3 rings (SSSR count). The van der Waals surface area contributed by atoms with E-state index in [1.54, 1.807) is 93.6 Å². The summed E-state index contributed by atoms with van der Waals surface area (Å²) in [7, 11) is 0. The Morgan fingerprint density at radius 1 is 0.483 bits per heavy atom. The van der Waals surface area contributed by atoms with Crippen LogP contribution in [0.1, 0.15) is 152 Å². The maximum absolute atomic E-state index is 12.8. The molecule has 3 aromatic rings. The molecule has 0 N–H and O–H groups in total. The fourth-order valence-corrected chi connectivity index (χ4v) is 6.28. The Hall–Kier alpha value is -4.80. The van der Waals surface area contributed by atoms with Gasteiger partial charge in [-0.05, 0) is 145 Å². The Bertz CT molecular complexity index is 1760. The summed E-state index contributed by atoms with van der Waals surface area (Å²) in [5.74, 6) is 1.08. The van der Waals surface area contributed by atoms with Crippen molar-refractivity contribution in [3.05, 3.63) is 96.1 Å². The number of Topliss-reactive ketones (excluding diaryl/α,β-unsaturated/α-hetero) is 2. The maximum Gasteiger partial charge on any atom is 0.343 e. The number of rotatable bonds is 31. The lowest BCUT2D eigenvalue weighted by Gasteiger charge is -2.24. The number of esters is 2. The third-order valence-electron chi connectivity index (χ3n) is 10.1. The van der Waals surface area contributed by atoms with Crippen molar-refractivity contribution < 1.29 is 47.6 Å². The van der Waals surface area contributed by atoms with E-state index in [2.05, 4.69) is 13.5 Å². The first kappa shape index (κ1) is 49.6.